The molecule has 20 heavy (non-hydrogen) atoms. The van der Waals surface area contributed by atoms with Crippen LogP contribution in [0.4, 0.5) is 0 Å². The van der Waals surface area contributed by atoms with Gasteiger partial charge in [0.25, 0.3) is 5.91 Å². The second kappa shape index (κ2) is 4.90. The predicted molar refractivity (Wildman–Crippen MR) is 71.8 cm³/mol. The number of hydrogen-bond donors (Lipinski definition) is 1. The topological polar surface area (TPSA) is 66.8 Å². The molecule has 2 fully saturated rings. The van der Waals surface area contributed by atoms with E-state index in [0.29, 0.717) is 12.1 Å². The van der Waals surface area contributed by atoms with Gasteiger partial charge in [0.2, 0.25) is 0 Å². The Morgan fingerprint density at radius 2 is 2.05 bits per heavy atom. The van der Waals surface area contributed by atoms with Crippen LogP contribution in [0, 0.1) is 5.41 Å². The molecule has 1 aromatic carbocycles. The van der Waals surface area contributed by atoms with Gasteiger partial charge in [0.05, 0.1) is 12.2 Å². The Morgan fingerprint density at radius 3 is 2.75 bits per heavy atom. The molecule has 2 aliphatic rings. The molecule has 2 saturated heterocycles. The molecule has 106 valence electrons. The van der Waals surface area contributed by atoms with Gasteiger partial charge in [0, 0.05) is 30.7 Å². The summed E-state index contributed by atoms with van der Waals surface area (Å²) < 4.78 is 5.45. The van der Waals surface area contributed by atoms with E-state index in [9.17, 15) is 9.59 Å². The largest absolute Gasteiger partial charge is 0.478 e. The number of amides is 1. The van der Waals surface area contributed by atoms with Crippen LogP contribution in [-0.4, -0.2) is 48.2 Å². The van der Waals surface area contributed by atoms with Gasteiger partial charge in [-0.3, -0.25) is 4.79 Å². The molecule has 5 nitrogen and oxygen atoms in total. The summed E-state index contributed by atoms with van der Waals surface area (Å²) in [5.74, 6) is -1.10. The maximum atomic E-state index is 12.5. The predicted octanol–water partition coefficient (Wildman–Crippen LogP) is 1.64. The number of carbonyl (C=O) groups is 2. The van der Waals surface area contributed by atoms with Gasteiger partial charge in [-0.15, -0.1) is 0 Å². The lowest BCUT2D eigenvalue weighted by molar-refractivity contribution is 0.0697. The number of carbonyl (C=O) groups excluding carboxylic acids is 1. The van der Waals surface area contributed by atoms with Gasteiger partial charge in [-0.05, 0) is 31.0 Å². The highest BCUT2D eigenvalue weighted by atomic mass is 16.5. The van der Waals surface area contributed by atoms with E-state index in [1.807, 2.05) is 4.90 Å². The molecule has 1 amide bonds. The highest BCUT2D eigenvalue weighted by Gasteiger charge is 2.42. The first-order valence-electron chi connectivity index (χ1n) is 6.80. The van der Waals surface area contributed by atoms with Crippen molar-refractivity contribution in [3.8, 4) is 0 Å². The molecule has 5 heteroatoms. The van der Waals surface area contributed by atoms with Gasteiger partial charge < -0.3 is 14.7 Å². The highest BCUT2D eigenvalue weighted by Crippen LogP contribution is 2.38. The molecule has 1 aromatic rings. The smallest absolute Gasteiger partial charge is 0.335 e. The Kier molecular flexibility index (Phi) is 3.22. The molecule has 0 saturated carbocycles. The first-order valence-corrected chi connectivity index (χ1v) is 6.80. The fourth-order valence-corrected chi connectivity index (χ4v) is 3.05. The molecule has 1 N–H and O–H groups in total. The van der Waals surface area contributed by atoms with Crippen molar-refractivity contribution in [2.75, 3.05) is 26.3 Å². The Labute approximate surface area is 117 Å². The van der Waals surface area contributed by atoms with Crippen molar-refractivity contribution in [2.45, 2.75) is 12.8 Å². The van der Waals surface area contributed by atoms with E-state index in [0.717, 1.165) is 32.6 Å². The normalized spacial score (nSPS) is 25.3. The molecule has 1 atom stereocenters. The second-order valence-electron chi connectivity index (χ2n) is 5.67. The van der Waals surface area contributed by atoms with Crippen molar-refractivity contribution >= 4 is 11.9 Å². The second-order valence-corrected chi connectivity index (χ2v) is 5.67. The number of rotatable bonds is 2. The molecule has 0 radical (unpaired) electrons. The minimum absolute atomic E-state index is 0.0862. The lowest BCUT2D eigenvalue weighted by atomic mass is 9.87. The average Bonchev–Trinajstić information content (AvgIpc) is 3.09. The number of hydrogen-bond acceptors (Lipinski definition) is 3. The zero-order valence-corrected chi connectivity index (χ0v) is 11.2. The fourth-order valence-electron chi connectivity index (χ4n) is 3.05. The summed E-state index contributed by atoms with van der Waals surface area (Å²) in [6.07, 6.45) is 1.98. The molecule has 0 unspecified atom stereocenters. The number of benzene rings is 1. The third-order valence-electron chi connectivity index (χ3n) is 4.27. The van der Waals surface area contributed by atoms with Gasteiger partial charge in [-0.2, -0.15) is 0 Å². The molecular formula is C15H17NO4. The monoisotopic (exact) mass is 275 g/mol. The average molecular weight is 275 g/mol. The van der Waals surface area contributed by atoms with Gasteiger partial charge >= 0.3 is 5.97 Å². The van der Waals surface area contributed by atoms with Crippen molar-refractivity contribution in [3.63, 3.8) is 0 Å². The third kappa shape index (κ3) is 2.29. The van der Waals surface area contributed by atoms with Gasteiger partial charge in [0.1, 0.15) is 0 Å². The van der Waals surface area contributed by atoms with Crippen LogP contribution in [0.5, 0.6) is 0 Å². The van der Waals surface area contributed by atoms with Crippen LogP contribution in [0.25, 0.3) is 0 Å². The Bertz CT molecular complexity index is 549. The van der Waals surface area contributed by atoms with E-state index < -0.39 is 5.97 Å². The third-order valence-corrected chi connectivity index (χ3v) is 4.27. The number of aromatic carboxylic acids is 1. The van der Waals surface area contributed by atoms with Crippen LogP contribution in [0.15, 0.2) is 24.3 Å². The van der Waals surface area contributed by atoms with Crippen LogP contribution in [-0.2, 0) is 4.74 Å². The van der Waals surface area contributed by atoms with Gasteiger partial charge in [-0.1, -0.05) is 6.07 Å². The van der Waals surface area contributed by atoms with Crippen molar-refractivity contribution < 1.29 is 19.4 Å². The summed E-state index contributed by atoms with van der Waals surface area (Å²) in [5, 5.41) is 8.98. The number of ether oxygens (including phenoxy) is 1. The van der Waals surface area contributed by atoms with Gasteiger partial charge in [-0.25, -0.2) is 4.79 Å². The SMILES string of the molecule is O=C(O)c1cccc(C(=O)N2CC[C@@]3(CCOC3)C2)c1. The Hall–Kier alpha value is -1.88. The van der Waals surface area contributed by atoms with E-state index in [2.05, 4.69) is 0 Å². The van der Waals surface area contributed by atoms with Crippen LogP contribution in [0.3, 0.4) is 0 Å². The summed E-state index contributed by atoms with van der Waals surface area (Å²) in [6.45, 7) is 2.94. The molecule has 0 aromatic heterocycles. The van der Waals surface area contributed by atoms with E-state index in [-0.39, 0.29) is 16.9 Å². The molecule has 2 heterocycles. The lowest BCUT2D eigenvalue weighted by Gasteiger charge is -2.22. The van der Waals surface area contributed by atoms with Crippen LogP contribution < -0.4 is 0 Å². The summed E-state index contributed by atoms with van der Waals surface area (Å²) in [7, 11) is 0. The molecule has 1 spiro atoms. The molecule has 2 aliphatic heterocycles. The van der Waals surface area contributed by atoms with Gasteiger partial charge in [0.15, 0.2) is 0 Å². The zero-order chi connectivity index (χ0) is 14.2. The van der Waals surface area contributed by atoms with Crippen LogP contribution in [0.2, 0.25) is 0 Å². The summed E-state index contributed by atoms with van der Waals surface area (Å²) in [6, 6.07) is 6.22. The minimum atomic E-state index is -1.01. The molecular weight excluding hydrogens is 258 g/mol. The number of carboxylic acids is 1. The van der Waals surface area contributed by atoms with Crippen LogP contribution in [0.1, 0.15) is 33.6 Å². The van der Waals surface area contributed by atoms with Crippen molar-refractivity contribution in [1.82, 2.24) is 4.90 Å². The summed E-state index contributed by atoms with van der Waals surface area (Å²) in [5.41, 5.74) is 0.717. The van der Waals surface area contributed by atoms with E-state index in [1.165, 1.54) is 12.1 Å². The van der Waals surface area contributed by atoms with Crippen molar-refractivity contribution in [2.24, 2.45) is 5.41 Å². The maximum absolute atomic E-state index is 12.5. The Morgan fingerprint density at radius 1 is 1.25 bits per heavy atom. The molecule has 3 rings (SSSR count). The number of likely N-dealkylation sites (tertiary alicyclic amines) is 1. The number of carboxylic acid groups (broad SMARTS) is 1. The Balaban J connectivity index is 1.76. The quantitative estimate of drug-likeness (QED) is 0.891. The van der Waals surface area contributed by atoms with E-state index in [4.69, 9.17) is 9.84 Å². The lowest BCUT2D eigenvalue weighted by Crippen LogP contribution is -2.32. The number of nitrogens with zero attached hydrogens (tertiary/aromatic N) is 1. The van der Waals surface area contributed by atoms with E-state index in [1.54, 1.807) is 12.1 Å². The zero-order valence-electron chi connectivity index (χ0n) is 11.2. The van der Waals surface area contributed by atoms with Crippen molar-refractivity contribution in [1.29, 1.82) is 0 Å². The standard InChI is InChI=1S/C15H17NO4/c17-13(11-2-1-3-12(8-11)14(18)19)16-6-4-15(9-16)5-7-20-10-15/h1-3,8H,4-7,9-10H2,(H,18,19)/t15-/m1/s1. The van der Waals surface area contributed by atoms with E-state index >= 15 is 0 Å². The molecule has 0 bridgehead atoms. The summed E-state index contributed by atoms with van der Waals surface area (Å²) in [4.78, 5) is 25.2. The maximum Gasteiger partial charge on any atom is 0.335 e. The molecule has 0 aliphatic carbocycles. The highest BCUT2D eigenvalue weighted by molar-refractivity contribution is 5.97. The first kappa shape index (κ1) is 13.1. The minimum Gasteiger partial charge on any atom is -0.478 e. The fraction of sp³-hybridized carbons (Fsp3) is 0.467. The summed E-state index contributed by atoms with van der Waals surface area (Å²) >= 11 is 0. The van der Waals surface area contributed by atoms with Crippen molar-refractivity contribution in [3.05, 3.63) is 35.4 Å². The van der Waals surface area contributed by atoms with Crippen LogP contribution >= 0.6 is 0 Å². The first-order chi connectivity index (χ1) is 9.60.